The number of rotatable bonds is 10. The van der Waals surface area contributed by atoms with Gasteiger partial charge in [0.1, 0.15) is 34.8 Å². The van der Waals surface area contributed by atoms with Crippen molar-refractivity contribution in [2.24, 2.45) is 5.92 Å². The monoisotopic (exact) mass is 688 g/mol. The molecule has 2 bridgehead atoms. The lowest BCUT2D eigenvalue weighted by Gasteiger charge is -2.46. The van der Waals surface area contributed by atoms with E-state index in [-0.39, 0.29) is 30.0 Å². The number of amides is 2. The fourth-order valence-corrected chi connectivity index (χ4v) is 7.90. The second-order valence-electron chi connectivity index (χ2n) is 13.3. The number of nitrogens with zero attached hydrogens (tertiary/aromatic N) is 1. The molecular weight excluding hydrogens is 644 g/mol. The first kappa shape index (κ1) is 35.0. The molecule has 2 fully saturated rings. The maximum atomic E-state index is 15.4. The third-order valence-corrected chi connectivity index (χ3v) is 10.5. The number of benzene rings is 3. The molecule has 0 unspecified atom stereocenters. The van der Waals surface area contributed by atoms with Gasteiger partial charge in [0.15, 0.2) is 17.3 Å². The van der Waals surface area contributed by atoms with Crippen molar-refractivity contribution in [1.29, 1.82) is 0 Å². The van der Waals surface area contributed by atoms with E-state index in [0.717, 1.165) is 0 Å². The van der Waals surface area contributed by atoms with Crippen molar-refractivity contribution in [3.8, 4) is 23.0 Å². The van der Waals surface area contributed by atoms with Gasteiger partial charge in [0.2, 0.25) is 5.91 Å². The van der Waals surface area contributed by atoms with Crippen molar-refractivity contribution < 1.29 is 48.3 Å². The molecule has 1 aliphatic carbocycles. The molecule has 7 atom stereocenters. The molecular formula is C38H44N2O10. The largest absolute Gasteiger partial charge is 0.497 e. The normalized spacial score (nSPS) is 27.7. The van der Waals surface area contributed by atoms with Gasteiger partial charge in [0.05, 0.1) is 32.8 Å². The number of fused-ring (bicyclic) bond motifs is 4. The summed E-state index contributed by atoms with van der Waals surface area (Å²) in [6.45, 7) is 4.64. The number of hydrogen-bond acceptors (Lipinski definition) is 10. The Bertz CT molecular complexity index is 1760. The lowest BCUT2D eigenvalue weighted by Crippen LogP contribution is -2.58. The maximum Gasteiger partial charge on any atom is 0.303 e. The standard InChI is InChI=1S/C38H44N2O10/c1-7-36(3,44)35(43)39-29-14-11-19-40(29)33(42)32-30(23-12-9-8-10-13-23)38(24-15-17-25(46-4)18-16-24)34(49-22(2)41)37(32,45)31-27(48-6)20-26(47-5)21-28(31)50-38/h8-10,12-13,15-18,20-21,29-30,32,34,44-45H,7,11,14,19H2,1-6H3,(H,39,43)/t29-,30+,32-,34+,36+,37-,38-/m0/s1. The van der Waals surface area contributed by atoms with Gasteiger partial charge in [-0.25, -0.2) is 0 Å². The summed E-state index contributed by atoms with van der Waals surface area (Å²) in [6, 6.07) is 19.4. The summed E-state index contributed by atoms with van der Waals surface area (Å²) in [6.07, 6.45) is -1.06. The van der Waals surface area contributed by atoms with E-state index >= 15 is 4.79 Å². The van der Waals surface area contributed by atoms with Crippen LogP contribution in [0.4, 0.5) is 0 Å². The van der Waals surface area contributed by atoms with Gasteiger partial charge in [-0.1, -0.05) is 49.4 Å². The highest BCUT2D eigenvalue weighted by Gasteiger charge is 2.78. The van der Waals surface area contributed by atoms with Crippen LogP contribution in [0.1, 0.15) is 62.6 Å². The Labute approximate surface area is 291 Å². The molecule has 2 heterocycles. The van der Waals surface area contributed by atoms with E-state index < -0.39 is 58.7 Å². The first-order chi connectivity index (χ1) is 23.9. The van der Waals surface area contributed by atoms with Gasteiger partial charge in [-0.05, 0) is 43.9 Å². The van der Waals surface area contributed by atoms with Crippen LogP contribution in [0.3, 0.4) is 0 Å². The zero-order valence-corrected chi connectivity index (χ0v) is 29.1. The van der Waals surface area contributed by atoms with Crippen molar-refractivity contribution in [3.63, 3.8) is 0 Å². The second-order valence-corrected chi connectivity index (χ2v) is 13.3. The smallest absolute Gasteiger partial charge is 0.303 e. The highest BCUT2D eigenvalue weighted by atomic mass is 16.6. The van der Waals surface area contributed by atoms with Gasteiger partial charge in [-0.3, -0.25) is 14.4 Å². The number of hydrogen-bond donors (Lipinski definition) is 3. The van der Waals surface area contributed by atoms with Gasteiger partial charge < -0.3 is 44.1 Å². The molecule has 50 heavy (non-hydrogen) atoms. The van der Waals surface area contributed by atoms with Crippen LogP contribution >= 0.6 is 0 Å². The molecule has 3 N–H and O–H groups in total. The predicted octanol–water partition coefficient (Wildman–Crippen LogP) is 3.76. The number of ether oxygens (including phenoxy) is 5. The third kappa shape index (κ3) is 5.41. The molecule has 2 aliphatic heterocycles. The zero-order valence-electron chi connectivity index (χ0n) is 29.1. The van der Waals surface area contributed by atoms with Crippen molar-refractivity contribution in [1.82, 2.24) is 10.2 Å². The lowest BCUT2D eigenvalue weighted by molar-refractivity contribution is -0.196. The molecule has 2 amide bonds. The number of likely N-dealkylation sites (tertiary alicyclic amines) is 1. The van der Waals surface area contributed by atoms with Crippen LogP contribution in [0.2, 0.25) is 0 Å². The fourth-order valence-electron chi connectivity index (χ4n) is 7.90. The molecule has 3 aromatic carbocycles. The summed E-state index contributed by atoms with van der Waals surface area (Å²) in [5.74, 6) is -2.82. The molecule has 3 aliphatic rings. The minimum atomic E-state index is -2.24. The Morgan fingerprint density at radius 2 is 1.68 bits per heavy atom. The van der Waals surface area contributed by atoms with E-state index in [4.69, 9.17) is 23.7 Å². The molecule has 3 aromatic rings. The summed E-state index contributed by atoms with van der Waals surface area (Å²) in [4.78, 5) is 43.2. The zero-order chi connectivity index (χ0) is 36.0. The number of methoxy groups -OCH3 is 3. The molecule has 0 aromatic heterocycles. The van der Waals surface area contributed by atoms with Gasteiger partial charge in [0, 0.05) is 37.1 Å². The van der Waals surface area contributed by atoms with E-state index in [2.05, 4.69) is 5.32 Å². The highest BCUT2D eigenvalue weighted by Crippen LogP contribution is 2.69. The minimum Gasteiger partial charge on any atom is -0.497 e. The number of carbonyl (C=O) groups excluding carboxylic acids is 3. The Hall–Kier alpha value is -4.81. The van der Waals surface area contributed by atoms with E-state index in [0.29, 0.717) is 35.5 Å². The Balaban J connectivity index is 1.65. The van der Waals surface area contributed by atoms with E-state index in [1.807, 2.05) is 30.3 Å². The Kier molecular flexibility index (Phi) is 9.21. The Morgan fingerprint density at radius 3 is 2.28 bits per heavy atom. The first-order valence-electron chi connectivity index (χ1n) is 16.8. The van der Waals surface area contributed by atoms with Crippen LogP contribution in [0.25, 0.3) is 0 Å². The summed E-state index contributed by atoms with van der Waals surface area (Å²) in [5, 5.41) is 27.1. The summed E-state index contributed by atoms with van der Waals surface area (Å²) < 4.78 is 30.1. The van der Waals surface area contributed by atoms with Crippen molar-refractivity contribution in [2.45, 2.75) is 75.0 Å². The van der Waals surface area contributed by atoms with Crippen molar-refractivity contribution in [2.75, 3.05) is 27.9 Å². The average Bonchev–Trinajstić information content (AvgIpc) is 3.63. The minimum absolute atomic E-state index is 0.127. The molecule has 1 saturated carbocycles. The van der Waals surface area contributed by atoms with Crippen LogP contribution in [-0.4, -0.2) is 78.6 Å². The van der Waals surface area contributed by atoms with Crippen LogP contribution in [0.5, 0.6) is 23.0 Å². The average molecular weight is 689 g/mol. The summed E-state index contributed by atoms with van der Waals surface area (Å²) in [5.41, 5.74) is -4.28. The van der Waals surface area contributed by atoms with E-state index in [1.54, 1.807) is 50.4 Å². The van der Waals surface area contributed by atoms with Gasteiger partial charge in [-0.2, -0.15) is 0 Å². The quantitative estimate of drug-likeness (QED) is 0.269. The molecule has 0 spiro atoms. The van der Waals surface area contributed by atoms with Gasteiger partial charge in [-0.15, -0.1) is 0 Å². The molecule has 6 rings (SSSR count). The first-order valence-corrected chi connectivity index (χ1v) is 16.8. The van der Waals surface area contributed by atoms with Crippen molar-refractivity contribution in [3.05, 3.63) is 83.4 Å². The van der Waals surface area contributed by atoms with Crippen molar-refractivity contribution >= 4 is 17.8 Å². The van der Waals surface area contributed by atoms with Crippen LogP contribution in [0, 0.1) is 5.92 Å². The molecule has 0 radical (unpaired) electrons. The van der Waals surface area contributed by atoms with Gasteiger partial charge in [0.25, 0.3) is 5.91 Å². The maximum absolute atomic E-state index is 15.4. The predicted molar refractivity (Wildman–Crippen MR) is 181 cm³/mol. The van der Waals surface area contributed by atoms with Gasteiger partial charge >= 0.3 is 5.97 Å². The van der Waals surface area contributed by atoms with Crippen LogP contribution in [-0.2, 0) is 30.3 Å². The molecule has 12 nitrogen and oxygen atoms in total. The molecule has 12 heteroatoms. The highest BCUT2D eigenvalue weighted by molar-refractivity contribution is 5.88. The third-order valence-electron chi connectivity index (χ3n) is 10.5. The molecule has 1 saturated heterocycles. The second kappa shape index (κ2) is 13.1. The number of esters is 1. The van der Waals surface area contributed by atoms with Crippen LogP contribution in [0.15, 0.2) is 66.7 Å². The number of aliphatic hydroxyl groups is 2. The van der Waals surface area contributed by atoms with E-state index in [9.17, 15) is 19.8 Å². The van der Waals surface area contributed by atoms with E-state index in [1.165, 1.54) is 33.0 Å². The topological polar surface area (TPSA) is 153 Å². The number of carbonyl (C=O) groups is 3. The SMILES string of the molecule is CC[C@@](C)(O)C(=O)N[C@@H]1CCCN1C(=O)[C@@H]1[C@@H](c2ccccc2)[C@]2(c3ccc(OC)cc3)Oc3cc(OC)cc(OC)c3[C@@]1(O)[C@H]2OC(C)=O. The number of nitrogens with one attached hydrogen (secondary N) is 1. The van der Waals surface area contributed by atoms with Crippen LogP contribution < -0.4 is 24.3 Å². The molecule has 266 valence electrons. The Morgan fingerprint density at radius 1 is 1.00 bits per heavy atom. The lowest BCUT2D eigenvalue weighted by atomic mass is 9.75. The fraction of sp³-hybridized carbons (Fsp3) is 0.447. The summed E-state index contributed by atoms with van der Waals surface area (Å²) >= 11 is 0. The summed E-state index contributed by atoms with van der Waals surface area (Å²) in [7, 11) is 4.46.